The number of nitrogens with one attached hydrogen (secondary N) is 2. The van der Waals surface area contributed by atoms with Crippen LogP contribution in [0.3, 0.4) is 0 Å². The molecule has 3 aromatic rings. The van der Waals surface area contributed by atoms with E-state index in [9.17, 15) is 8.78 Å². The second kappa shape index (κ2) is 9.61. The molecule has 3 aromatic heterocycles. The molecule has 8 nitrogen and oxygen atoms in total. The number of halogens is 2. The van der Waals surface area contributed by atoms with Crippen molar-refractivity contribution in [2.24, 2.45) is 4.99 Å². The molecule has 180 valence electrons. The van der Waals surface area contributed by atoms with Crippen molar-refractivity contribution in [3.05, 3.63) is 30.0 Å². The molecule has 10 heteroatoms. The zero-order chi connectivity index (χ0) is 23.7. The van der Waals surface area contributed by atoms with Crippen LogP contribution in [0.4, 0.5) is 26.4 Å². The molecule has 0 saturated carbocycles. The van der Waals surface area contributed by atoms with Crippen molar-refractivity contribution in [2.45, 2.75) is 51.0 Å². The van der Waals surface area contributed by atoms with E-state index < -0.39 is 6.43 Å². The van der Waals surface area contributed by atoms with Crippen LogP contribution in [0.15, 0.2) is 29.4 Å². The molecule has 0 bridgehead atoms. The number of likely N-dealkylation sites (tertiary alicyclic amines) is 1. The topological polar surface area (TPSA) is 82.7 Å². The lowest BCUT2D eigenvalue weighted by atomic mass is 9.92. The van der Waals surface area contributed by atoms with E-state index in [4.69, 9.17) is 9.97 Å². The van der Waals surface area contributed by atoms with Gasteiger partial charge in [-0.25, -0.2) is 23.3 Å². The molecule has 0 aromatic carbocycles. The lowest BCUT2D eigenvalue weighted by molar-refractivity contribution is 0.0769. The normalized spacial score (nSPS) is 19.0. The van der Waals surface area contributed by atoms with Gasteiger partial charge in [0.05, 0.1) is 12.2 Å². The van der Waals surface area contributed by atoms with Crippen molar-refractivity contribution < 1.29 is 8.78 Å². The van der Waals surface area contributed by atoms with Gasteiger partial charge in [-0.1, -0.05) is 13.0 Å². The van der Waals surface area contributed by atoms with Crippen LogP contribution in [0.1, 0.15) is 44.1 Å². The van der Waals surface area contributed by atoms with Crippen molar-refractivity contribution in [1.29, 1.82) is 0 Å². The zero-order valence-corrected chi connectivity index (χ0v) is 19.5. The average Bonchev–Trinajstić information content (AvgIpc) is 3.27. The Kier molecular flexibility index (Phi) is 6.40. The van der Waals surface area contributed by atoms with Gasteiger partial charge >= 0.3 is 0 Å². The summed E-state index contributed by atoms with van der Waals surface area (Å²) < 4.78 is 27.1. The second-order valence-electron chi connectivity index (χ2n) is 8.93. The fraction of sp³-hybridized carbons (Fsp3) is 0.500. The van der Waals surface area contributed by atoms with E-state index in [1.54, 1.807) is 0 Å². The molecule has 2 N–H and O–H groups in total. The third-order valence-electron chi connectivity index (χ3n) is 6.78. The quantitative estimate of drug-likeness (QED) is 0.529. The van der Waals surface area contributed by atoms with E-state index in [1.165, 1.54) is 5.56 Å². The number of nitrogens with zero attached hydrogens (tertiary/aromatic N) is 6. The van der Waals surface area contributed by atoms with Gasteiger partial charge in [0.1, 0.15) is 5.52 Å². The van der Waals surface area contributed by atoms with Crippen LogP contribution < -0.4 is 10.6 Å². The van der Waals surface area contributed by atoms with Gasteiger partial charge in [0.2, 0.25) is 5.95 Å². The Balaban J connectivity index is 1.39. The summed E-state index contributed by atoms with van der Waals surface area (Å²) in [5.41, 5.74) is 3.82. The molecule has 34 heavy (non-hydrogen) atoms. The fourth-order valence-corrected chi connectivity index (χ4v) is 4.92. The van der Waals surface area contributed by atoms with Crippen molar-refractivity contribution in [3.8, 4) is 11.3 Å². The van der Waals surface area contributed by atoms with Gasteiger partial charge in [-0.15, -0.1) is 5.10 Å². The number of hydrogen-bond acceptors (Lipinski definition) is 7. The number of anilines is 2. The smallest absolute Gasteiger partial charge is 0.251 e. The van der Waals surface area contributed by atoms with Gasteiger partial charge in [-0.05, 0) is 43.7 Å². The first-order chi connectivity index (χ1) is 16.6. The molecule has 0 amide bonds. The second-order valence-corrected chi connectivity index (χ2v) is 8.93. The van der Waals surface area contributed by atoms with Gasteiger partial charge in [0.15, 0.2) is 11.6 Å². The maximum absolute atomic E-state index is 12.6. The Labute approximate surface area is 197 Å². The maximum atomic E-state index is 12.6. The van der Waals surface area contributed by atoms with Crippen molar-refractivity contribution in [1.82, 2.24) is 24.5 Å². The first-order valence-corrected chi connectivity index (χ1v) is 11.9. The van der Waals surface area contributed by atoms with E-state index >= 15 is 0 Å². The van der Waals surface area contributed by atoms with Gasteiger partial charge < -0.3 is 10.6 Å². The number of alkyl halides is 2. The van der Waals surface area contributed by atoms with Crippen LogP contribution in [-0.4, -0.2) is 69.8 Å². The largest absolute Gasteiger partial charge is 0.371 e. The highest BCUT2D eigenvalue weighted by molar-refractivity contribution is 5.88. The minimum atomic E-state index is -2.29. The van der Waals surface area contributed by atoms with E-state index in [-0.39, 0.29) is 12.6 Å². The summed E-state index contributed by atoms with van der Waals surface area (Å²) in [7, 11) is 1.84. The summed E-state index contributed by atoms with van der Waals surface area (Å²) in [6.45, 7) is 3.31. The van der Waals surface area contributed by atoms with Crippen LogP contribution in [0.25, 0.3) is 16.8 Å². The Morgan fingerprint density at radius 3 is 2.71 bits per heavy atom. The Morgan fingerprint density at radius 1 is 1.15 bits per heavy atom. The van der Waals surface area contributed by atoms with Crippen LogP contribution in [0.2, 0.25) is 0 Å². The maximum Gasteiger partial charge on any atom is 0.251 e. The lowest BCUT2D eigenvalue weighted by Crippen LogP contribution is -2.41. The molecule has 2 aliphatic heterocycles. The molecule has 0 radical (unpaired) electrons. The molecular formula is C24H30F2N8. The fourth-order valence-electron chi connectivity index (χ4n) is 4.92. The Morgan fingerprint density at radius 2 is 1.97 bits per heavy atom. The Hall–Kier alpha value is -3.14. The van der Waals surface area contributed by atoms with Crippen LogP contribution >= 0.6 is 0 Å². The minimum absolute atomic E-state index is 0.151. The summed E-state index contributed by atoms with van der Waals surface area (Å²) in [4.78, 5) is 15.9. The number of fused-ring (bicyclic) bond motifs is 2. The summed E-state index contributed by atoms with van der Waals surface area (Å²) in [6.07, 6.45) is 5.15. The highest BCUT2D eigenvalue weighted by Gasteiger charge is 2.23. The summed E-state index contributed by atoms with van der Waals surface area (Å²) in [5, 5.41) is 11.2. The van der Waals surface area contributed by atoms with Crippen LogP contribution in [-0.2, 0) is 0 Å². The molecule has 2 aliphatic rings. The molecule has 5 heterocycles. The number of pyridine rings is 1. The highest BCUT2D eigenvalue weighted by Crippen LogP contribution is 2.37. The molecule has 1 fully saturated rings. The van der Waals surface area contributed by atoms with Crippen molar-refractivity contribution in [2.75, 3.05) is 37.3 Å². The van der Waals surface area contributed by atoms with Crippen molar-refractivity contribution >= 4 is 29.3 Å². The van der Waals surface area contributed by atoms with Crippen LogP contribution in [0, 0.1) is 0 Å². The van der Waals surface area contributed by atoms with E-state index in [0.717, 1.165) is 48.3 Å². The predicted octanol–water partition coefficient (Wildman–Crippen LogP) is 4.57. The highest BCUT2D eigenvalue weighted by atomic mass is 19.3. The monoisotopic (exact) mass is 468 g/mol. The molecule has 5 rings (SSSR count). The summed E-state index contributed by atoms with van der Waals surface area (Å²) in [6, 6.07) is 6.34. The lowest BCUT2D eigenvalue weighted by Gasteiger charge is -2.32. The zero-order valence-electron chi connectivity index (χ0n) is 19.5. The summed E-state index contributed by atoms with van der Waals surface area (Å²) in [5.74, 6) is 2.47. The van der Waals surface area contributed by atoms with E-state index in [2.05, 4.69) is 39.8 Å². The molecule has 0 unspecified atom stereocenters. The Bertz CT molecular complexity index is 1180. The summed E-state index contributed by atoms with van der Waals surface area (Å²) >= 11 is 0. The minimum Gasteiger partial charge on any atom is -0.371 e. The molecule has 1 atom stereocenters. The first-order valence-electron chi connectivity index (χ1n) is 11.9. The standard InChI is InChI=1S/C24H30F2N8/c1-3-15-6-10-28-22-17(15)4-5-19(30-22)18-9-13-34-21(18)23(27-2)31-24(32-34)29-16-7-11-33(12-8-16)14-20(25)26/h4-5,9-10,13,15-16,20H,3,6-8,11-12,14H2,1-2H3,(H2,27,29,31,32)/t15-/m0/s1. The first kappa shape index (κ1) is 22.6. The van der Waals surface area contributed by atoms with Gasteiger partial charge in [-0.3, -0.25) is 4.90 Å². The number of aromatic nitrogens is 4. The van der Waals surface area contributed by atoms with Gasteiger partial charge in [0, 0.05) is 49.7 Å². The number of hydrogen-bond donors (Lipinski definition) is 2. The average molecular weight is 469 g/mol. The molecule has 0 spiro atoms. The third-order valence-corrected chi connectivity index (χ3v) is 6.78. The molecule has 1 saturated heterocycles. The van der Waals surface area contributed by atoms with E-state index in [0.29, 0.717) is 30.8 Å². The number of rotatable bonds is 7. The predicted molar refractivity (Wildman–Crippen MR) is 131 cm³/mol. The number of piperidine rings is 1. The van der Waals surface area contributed by atoms with Gasteiger partial charge in [0.25, 0.3) is 6.43 Å². The molecule has 0 aliphatic carbocycles. The SMILES string of the molecule is CC[C@H]1CC=Nc2nc(-c3ccn4nc(NC5CCN(CC(F)F)CC5)nc(NC)c34)ccc21. The van der Waals surface area contributed by atoms with Crippen LogP contribution in [0.5, 0.6) is 0 Å². The van der Waals surface area contributed by atoms with Crippen molar-refractivity contribution in [3.63, 3.8) is 0 Å². The third kappa shape index (κ3) is 4.46. The van der Waals surface area contributed by atoms with Gasteiger partial charge in [-0.2, -0.15) is 4.98 Å². The number of aliphatic imine (C=N–C) groups is 1. The molecular weight excluding hydrogens is 438 g/mol. The van der Waals surface area contributed by atoms with E-state index in [1.807, 2.05) is 34.9 Å².